The Hall–Kier alpha value is -2.24. The largest absolute Gasteiger partial charge is 0.459 e. The molecule has 6 rings (SSSR count). The fraction of sp³-hybridized carbons (Fsp3) is 0.524. The molecule has 4 fully saturated rings. The molecule has 142 valence electrons. The molecule has 1 aromatic carbocycles. The highest BCUT2D eigenvalue weighted by molar-refractivity contribution is 5.77. The van der Waals surface area contributed by atoms with Gasteiger partial charge in [-0.15, -0.1) is 0 Å². The molecule has 4 aliphatic rings. The standard InChI is InChI=1S/C21H21F2NO3/c22-15-1-2-17(18(23)6-15)19-7-16(24-27-19)11-26-20(25)21-8-12-3-13(9-21)5-14(4-12)10-21/h1-2,6-7,12-14H,3-5,8-11H2. The van der Waals surface area contributed by atoms with Gasteiger partial charge >= 0.3 is 5.97 Å². The number of aromatic nitrogens is 1. The summed E-state index contributed by atoms with van der Waals surface area (Å²) in [5.41, 5.74) is 0.235. The van der Waals surface area contributed by atoms with Crippen LogP contribution in [-0.2, 0) is 16.1 Å². The average Bonchev–Trinajstić information content (AvgIpc) is 3.07. The van der Waals surface area contributed by atoms with Crippen molar-refractivity contribution in [2.75, 3.05) is 0 Å². The lowest BCUT2D eigenvalue weighted by atomic mass is 9.49. The maximum atomic E-state index is 13.9. The number of hydrogen-bond donors (Lipinski definition) is 0. The summed E-state index contributed by atoms with van der Waals surface area (Å²) >= 11 is 0. The fourth-order valence-corrected chi connectivity index (χ4v) is 5.85. The summed E-state index contributed by atoms with van der Waals surface area (Å²) < 4.78 is 37.7. The first kappa shape index (κ1) is 16.9. The van der Waals surface area contributed by atoms with Crippen LogP contribution in [-0.4, -0.2) is 11.1 Å². The first-order valence-corrected chi connectivity index (χ1v) is 9.59. The highest BCUT2D eigenvalue weighted by Crippen LogP contribution is 2.60. The van der Waals surface area contributed by atoms with Crippen molar-refractivity contribution in [3.8, 4) is 11.3 Å². The third-order valence-corrected chi connectivity index (χ3v) is 6.58. The van der Waals surface area contributed by atoms with Gasteiger partial charge in [0.2, 0.25) is 0 Å². The number of rotatable bonds is 4. The molecular weight excluding hydrogens is 352 g/mol. The first-order chi connectivity index (χ1) is 13.0. The summed E-state index contributed by atoms with van der Waals surface area (Å²) in [6.45, 7) is 0.00684. The predicted molar refractivity (Wildman–Crippen MR) is 92.3 cm³/mol. The van der Waals surface area contributed by atoms with Gasteiger partial charge in [-0.05, 0) is 68.4 Å². The van der Waals surface area contributed by atoms with Gasteiger partial charge in [-0.25, -0.2) is 8.78 Å². The van der Waals surface area contributed by atoms with E-state index < -0.39 is 11.6 Å². The zero-order chi connectivity index (χ0) is 18.6. The summed E-state index contributed by atoms with van der Waals surface area (Å²) in [4.78, 5) is 12.9. The maximum absolute atomic E-state index is 13.9. The van der Waals surface area contributed by atoms with Crippen molar-refractivity contribution in [1.29, 1.82) is 0 Å². The summed E-state index contributed by atoms with van der Waals surface area (Å²) in [5, 5.41) is 3.86. The summed E-state index contributed by atoms with van der Waals surface area (Å²) in [7, 11) is 0. The minimum atomic E-state index is -0.719. The van der Waals surface area contributed by atoms with Crippen molar-refractivity contribution >= 4 is 5.97 Å². The zero-order valence-corrected chi connectivity index (χ0v) is 14.9. The van der Waals surface area contributed by atoms with E-state index in [-0.39, 0.29) is 29.3 Å². The molecule has 0 aliphatic heterocycles. The Bertz CT molecular complexity index is 856. The van der Waals surface area contributed by atoms with E-state index in [9.17, 15) is 13.6 Å². The minimum absolute atomic E-state index is 0.00684. The topological polar surface area (TPSA) is 52.3 Å². The van der Waals surface area contributed by atoms with E-state index in [1.807, 2.05) is 0 Å². The lowest BCUT2D eigenvalue weighted by Crippen LogP contribution is -2.50. The zero-order valence-electron chi connectivity index (χ0n) is 14.9. The van der Waals surface area contributed by atoms with Crippen LogP contribution in [0.3, 0.4) is 0 Å². The lowest BCUT2D eigenvalue weighted by molar-refractivity contribution is -0.173. The smallest absolute Gasteiger partial charge is 0.312 e. The monoisotopic (exact) mass is 373 g/mol. The third kappa shape index (κ3) is 2.95. The molecule has 0 unspecified atom stereocenters. The fourth-order valence-electron chi connectivity index (χ4n) is 5.85. The molecular formula is C21H21F2NO3. The summed E-state index contributed by atoms with van der Waals surface area (Å²) in [6, 6.07) is 4.79. The highest BCUT2D eigenvalue weighted by Gasteiger charge is 2.55. The van der Waals surface area contributed by atoms with E-state index in [0.717, 1.165) is 31.4 Å². The second-order valence-corrected chi connectivity index (χ2v) is 8.58. The normalized spacial score (nSPS) is 31.3. The van der Waals surface area contributed by atoms with E-state index in [4.69, 9.17) is 9.26 Å². The van der Waals surface area contributed by atoms with Crippen LogP contribution in [0.4, 0.5) is 8.78 Å². The molecule has 0 atom stereocenters. The van der Waals surface area contributed by atoms with Crippen LogP contribution < -0.4 is 0 Å². The van der Waals surface area contributed by atoms with Gasteiger partial charge in [0.25, 0.3) is 0 Å². The molecule has 0 amide bonds. The van der Waals surface area contributed by atoms with Crippen LogP contribution in [0.1, 0.15) is 44.2 Å². The van der Waals surface area contributed by atoms with Gasteiger partial charge in [-0.1, -0.05) is 5.16 Å². The van der Waals surface area contributed by atoms with Gasteiger partial charge in [-0.2, -0.15) is 0 Å². The number of ether oxygens (including phenoxy) is 1. The van der Waals surface area contributed by atoms with E-state index >= 15 is 0 Å². The SMILES string of the molecule is O=C(OCc1cc(-c2ccc(F)cc2F)on1)C12CC3CC(CC(C3)C1)C2. The van der Waals surface area contributed by atoms with E-state index in [1.165, 1.54) is 31.4 Å². The molecule has 0 saturated heterocycles. The number of nitrogens with zero attached hydrogens (tertiary/aromatic N) is 1. The molecule has 4 saturated carbocycles. The number of carbonyl (C=O) groups is 1. The van der Waals surface area contributed by atoms with Gasteiger partial charge in [-0.3, -0.25) is 4.79 Å². The average molecular weight is 373 g/mol. The molecule has 2 aromatic rings. The molecule has 0 N–H and O–H groups in total. The van der Waals surface area contributed by atoms with Gasteiger partial charge in [0.05, 0.1) is 11.0 Å². The molecule has 4 bridgehead atoms. The maximum Gasteiger partial charge on any atom is 0.312 e. The highest BCUT2D eigenvalue weighted by atomic mass is 19.1. The van der Waals surface area contributed by atoms with Crippen LogP contribution >= 0.6 is 0 Å². The molecule has 1 heterocycles. The molecule has 1 aromatic heterocycles. The second-order valence-electron chi connectivity index (χ2n) is 8.58. The summed E-state index contributed by atoms with van der Waals surface area (Å²) in [6.07, 6.45) is 6.64. The number of hydrogen-bond acceptors (Lipinski definition) is 4. The van der Waals surface area contributed by atoms with Crippen molar-refractivity contribution in [2.24, 2.45) is 23.2 Å². The van der Waals surface area contributed by atoms with Crippen LogP contribution in [0.25, 0.3) is 11.3 Å². The van der Waals surface area contributed by atoms with Crippen LogP contribution in [0.2, 0.25) is 0 Å². The molecule has 6 heteroatoms. The van der Waals surface area contributed by atoms with Crippen LogP contribution in [0, 0.1) is 34.8 Å². The van der Waals surface area contributed by atoms with E-state index in [0.29, 0.717) is 23.4 Å². The van der Waals surface area contributed by atoms with Gasteiger partial charge < -0.3 is 9.26 Å². The Labute approximate surface area is 155 Å². The van der Waals surface area contributed by atoms with Gasteiger partial charge in [0.15, 0.2) is 5.76 Å². The second kappa shape index (κ2) is 6.14. The van der Waals surface area contributed by atoms with Crippen molar-refractivity contribution in [3.63, 3.8) is 0 Å². The van der Waals surface area contributed by atoms with Gasteiger partial charge in [0, 0.05) is 12.1 Å². The van der Waals surface area contributed by atoms with E-state index in [2.05, 4.69) is 5.16 Å². The number of carbonyl (C=O) groups excluding carboxylic acids is 1. The Morgan fingerprint density at radius 2 is 1.78 bits per heavy atom. The molecule has 4 nitrogen and oxygen atoms in total. The number of esters is 1. The van der Waals surface area contributed by atoms with Crippen molar-refractivity contribution < 1.29 is 22.8 Å². The quantitative estimate of drug-likeness (QED) is 0.717. The molecule has 27 heavy (non-hydrogen) atoms. The predicted octanol–water partition coefficient (Wildman–Crippen LogP) is 4.88. The Kier molecular flexibility index (Phi) is 3.85. The van der Waals surface area contributed by atoms with E-state index in [1.54, 1.807) is 0 Å². The minimum Gasteiger partial charge on any atom is -0.459 e. The Balaban J connectivity index is 1.27. The third-order valence-electron chi connectivity index (χ3n) is 6.58. The van der Waals surface area contributed by atoms with Crippen molar-refractivity contribution in [3.05, 3.63) is 41.6 Å². The Morgan fingerprint density at radius 3 is 2.41 bits per heavy atom. The molecule has 0 spiro atoms. The Morgan fingerprint density at radius 1 is 1.11 bits per heavy atom. The first-order valence-electron chi connectivity index (χ1n) is 9.59. The lowest BCUT2D eigenvalue weighted by Gasteiger charge is -2.55. The van der Waals surface area contributed by atoms with Gasteiger partial charge in [0.1, 0.15) is 23.9 Å². The van der Waals surface area contributed by atoms with Crippen molar-refractivity contribution in [1.82, 2.24) is 5.16 Å². The molecule has 4 aliphatic carbocycles. The number of benzene rings is 1. The van der Waals surface area contributed by atoms with Crippen LogP contribution in [0.5, 0.6) is 0 Å². The van der Waals surface area contributed by atoms with Crippen molar-refractivity contribution in [2.45, 2.75) is 45.1 Å². The van der Waals surface area contributed by atoms with Crippen LogP contribution in [0.15, 0.2) is 28.8 Å². The number of halogens is 2. The summed E-state index contributed by atoms with van der Waals surface area (Å²) in [5.74, 6) is 0.702. The molecule has 0 radical (unpaired) electrons.